The minimum Gasteiger partial charge on any atom is -0.507 e. The Bertz CT molecular complexity index is 597. The molecule has 4 N–H and O–H groups in total. The molecule has 0 radical (unpaired) electrons. The number of carbonyl (C=O) groups excluding carboxylic acids is 1. The molecule has 20 heavy (non-hydrogen) atoms. The van der Waals surface area contributed by atoms with Crippen molar-refractivity contribution in [2.24, 2.45) is 5.73 Å². The van der Waals surface area contributed by atoms with Gasteiger partial charge < -0.3 is 16.2 Å². The topological polar surface area (TPSA) is 75.4 Å². The normalized spacial score (nSPS) is 11.9. The van der Waals surface area contributed by atoms with Crippen LogP contribution in [0.5, 0.6) is 5.75 Å². The molecule has 2 aromatic rings. The Hall–Kier alpha value is -2.33. The molecule has 0 aliphatic rings. The fourth-order valence-corrected chi connectivity index (χ4v) is 2.04. The van der Waals surface area contributed by atoms with Crippen molar-refractivity contribution in [3.05, 3.63) is 65.2 Å². The second-order valence-corrected chi connectivity index (χ2v) is 4.64. The molecule has 0 bridgehead atoms. The summed E-state index contributed by atoms with van der Waals surface area (Å²) in [7, 11) is 0. The Morgan fingerprint density at radius 2 is 1.90 bits per heavy atom. The molecule has 0 spiro atoms. The Labute approximate surface area is 118 Å². The lowest BCUT2D eigenvalue weighted by Crippen LogP contribution is -2.33. The number of nitrogens with two attached hydrogens (primary N) is 1. The van der Waals surface area contributed by atoms with Crippen LogP contribution in [-0.4, -0.2) is 17.6 Å². The van der Waals surface area contributed by atoms with Gasteiger partial charge in [-0.1, -0.05) is 42.5 Å². The maximum Gasteiger partial charge on any atom is 0.255 e. The Morgan fingerprint density at radius 3 is 2.55 bits per heavy atom. The highest BCUT2D eigenvalue weighted by molar-refractivity contribution is 5.97. The van der Waals surface area contributed by atoms with Crippen LogP contribution in [0.15, 0.2) is 48.5 Å². The van der Waals surface area contributed by atoms with Gasteiger partial charge in [0, 0.05) is 6.54 Å². The number of aryl methyl sites for hydroxylation is 1. The van der Waals surface area contributed by atoms with Gasteiger partial charge in [0.1, 0.15) is 5.75 Å². The van der Waals surface area contributed by atoms with Crippen LogP contribution in [-0.2, 0) is 0 Å². The highest BCUT2D eigenvalue weighted by atomic mass is 16.3. The van der Waals surface area contributed by atoms with Gasteiger partial charge in [-0.3, -0.25) is 4.79 Å². The van der Waals surface area contributed by atoms with E-state index in [0.29, 0.717) is 12.1 Å². The number of hydrogen-bond acceptors (Lipinski definition) is 3. The van der Waals surface area contributed by atoms with Crippen molar-refractivity contribution in [3.63, 3.8) is 0 Å². The Morgan fingerprint density at radius 1 is 1.20 bits per heavy atom. The average Bonchev–Trinajstić information content (AvgIpc) is 2.48. The molecule has 0 aliphatic carbocycles. The molecule has 0 saturated heterocycles. The number of para-hydroxylation sites is 1. The minimum atomic E-state index is -0.328. The van der Waals surface area contributed by atoms with Crippen LogP contribution < -0.4 is 11.1 Å². The monoisotopic (exact) mass is 270 g/mol. The zero-order valence-corrected chi connectivity index (χ0v) is 11.3. The summed E-state index contributed by atoms with van der Waals surface area (Å²) in [4.78, 5) is 12.2. The van der Waals surface area contributed by atoms with Gasteiger partial charge in [0.05, 0.1) is 11.6 Å². The van der Waals surface area contributed by atoms with E-state index < -0.39 is 0 Å². The van der Waals surface area contributed by atoms with Crippen LogP contribution >= 0.6 is 0 Å². The van der Waals surface area contributed by atoms with Gasteiger partial charge in [0.25, 0.3) is 5.91 Å². The lowest BCUT2D eigenvalue weighted by Gasteiger charge is -2.18. The van der Waals surface area contributed by atoms with Crippen LogP contribution in [0.1, 0.15) is 27.5 Å². The van der Waals surface area contributed by atoms with Gasteiger partial charge in [0.15, 0.2) is 0 Å². The quantitative estimate of drug-likeness (QED) is 0.796. The first-order valence-electron chi connectivity index (χ1n) is 6.48. The maximum atomic E-state index is 12.2. The van der Waals surface area contributed by atoms with Gasteiger partial charge in [-0.15, -0.1) is 0 Å². The van der Waals surface area contributed by atoms with Crippen LogP contribution in [0, 0.1) is 6.92 Å². The number of aromatic hydroxyl groups is 1. The lowest BCUT2D eigenvalue weighted by molar-refractivity contribution is 0.0935. The van der Waals surface area contributed by atoms with E-state index >= 15 is 0 Å². The van der Waals surface area contributed by atoms with E-state index in [1.165, 1.54) is 0 Å². The zero-order valence-electron chi connectivity index (χ0n) is 11.3. The zero-order chi connectivity index (χ0) is 14.5. The van der Waals surface area contributed by atoms with Crippen molar-refractivity contribution in [1.29, 1.82) is 0 Å². The molecule has 1 atom stereocenters. The van der Waals surface area contributed by atoms with Crippen LogP contribution in [0.25, 0.3) is 0 Å². The van der Waals surface area contributed by atoms with Crippen molar-refractivity contribution < 1.29 is 9.90 Å². The Balaban J connectivity index is 2.20. The molecule has 0 aromatic heterocycles. The number of amides is 1. The van der Waals surface area contributed by atoms with Crippen molar-refractivity contribution in [2.75, 3.05) is 6.54 Å². The molecular weight excluding hydrogens is 252 g/mol. The molecule has 2 aromatic carbocycles. The first-order chi connectivity index (χ1) is 9.63. The third-order valence-corrected chi connectivity index (χ3v) is 3.23. The lowest BCUT2D eigenvalue weighted by atomic mass is 10.1. The summed E-state index contributed by atoms with van der Waals surface area (Å²) in [6.45, 7) is 2.05. The van der Waals surface area contributed by atoms with E-state index in [4.69, 9.17) is 5.73 Å². The number of nitrogens with one attached hydrogen (secondary N) is 1. The standard InChI is InChI=1S/C16H18N2O2/c1-11-6-5-9-13(15(11)19)16(20)18-14(10-17)12-7-3-2-4-8-12/h2-9,14,19H,10,17H2,1H3,(H,18,20). The molecule has 0 heterocycles. The van der Waals surface area contributed by atoms with Crippen molar-refractivity contribution in [1.82, 2.24) is 5.32 Å². The third kappa shape index (κ3) is 2.97. The van der Waals surface area contributed by atoms with E-state index in [1.54, 1.807) is 25.1 Å². The van der Waals surface area contributed by atoms with E-state index in [1.807, 2.05) is 30.3 Å². The highest BCUT2D eigenvalue weighted by Crippen LogP contribution is 2.22. The van der Waals surface area contributed by atoms with Crippen molar-refractivity contribution >= 4 is 5.91 Å². The molecule has 2 rings (SSSR count). The number of phenols is 1. The fraction of sp³-hybridized carbons (Fsp3) is 0.188. The van der Waals surface area contributed by atoms with Gasteiger partial charge in [-0.25, -0.2) is 0 Å². The highest BCUT2D eigenvalue weighted by Gasteiger charge is 2.17. The molecule has 104 valence electrons. The van der Waals surface area contributed by atoms with Crippen LogP contribution in [0.3, 0.4) is 0 Å². The molecule has 0 saturated carbocycles. The van der Waals surface area contributed by atoms with Gasteiger partial charge in [-0.05, 0) is 24.1 Å². The average molecular weight is 270 g/mol. The van der Waals surface area contributed by atoms with E-state index in [9.17, 15) is 9.90 Å². The first-order valence-corrected chi connectivity index (χ1v) is 6.48. The number of carbonyl (C=O) groups is 1. The molecule has 0 fully saturated rings. The molecule has 1 amide bonds. The van der Waals surface area contributed by atoms with Gasteiger partial charge >= 0.3 is 0 Å². The Kier molecular flexibility index (Phi) is 4.38. The SMILES string of the molecule is Cc1cccc(C(=O)NC(CN)c2ccccc2)c1O. The first kappa shape index (κ1) is 14.1. The second-order valence-electron chi connectivity index (χ2n) is 4.64. The summed E-state index contributed by atoms with van der Waals surface area (Å²) >= 11 is 0. The molecule has 1 unspecified atom stereocenters. The predicted molar refractivity (Wildman–Crippen MR) is 78.5 cm³/mol. The largest absolute Gasteiger partial charge is 0.507 e. The smallest absolute Gasteiger partial charge is 0.255 e. The van der Waals surface area contributed by atoms with E-state index in [-0.39, 0.29) is 23.3 Å². The fourth-order valence-electron chi connectivity index (χ4n) is 2.04. The third-order valence-electron chi connectivity index (χ3n) is 3.23. The summed E-state index contributed by atoms with van der Waals surface area (Å²) in [5.41, 5.74) is 7.59. The van der Waals surface area contributed by atoms with E-state index in [2.05, 4.69) is 5.32 Å². The van der Waals surface area contributed by atoms with E-state index in [0.717, 1.165) is 5.56 Å². The summed E-state index contributed by atoms with van der Waals surface area (Å²) < 4.78 is 0. The van der Waals surface area contributed by atoms with Crippen LogP contribution in [0.2, 0.25) is 0 Å². The molecular formula is C16H18N2O2. The molecule has 4 nitrogen and oxygen atoms in total. The van der Waals surface area contributed by atoms with Crippen molar-refractivity contribution in [3.8, 4) is 5.75 Å². The number of phenolic OH excluding ortho intramolecular Hbond substituents is 1. The molecule has 4 heteroatoms. The minimum absolute atomic E-state index is 0.00818. The molecule has 0 aliphatic heterocycles. The number of hydrogen-bond donors (Lipinski definition) is 3. The second kappa shape index (κ2) is 6.21. The van der Waals surface area contributed by atoms with Crippen molar-refractivity contribution in [2.45, 2.75) is 13.0 Å². The predicted octanol–water partition coefficient (Wildman–Crippen LogP) is 2.13. The number of benzene rings is 2. The summed E-state index contributed by atoms with van der Waals surface area (Å²) in [6.07, 6.45) is 0. The maximum absolute atomic E-state index is 12.2. The van der Waals surface area contributed by atoms with Gasteiger partial charge in [0.2, 0.25) is 0 Å². The summed E-state index contributed by atoms with van der Waals surface area (Å²) in [6, 6.07) is 14.3. The summed E-state index contributed by atoms with van der Waals surface area (Å²) in [5, 5.41) is 12.8. The number of rotatable bonds is 4. The summed E-state index contributed by atoms with van der Waals surface area (Å²) in [5.74, 6) is -0.320. The van der Waals surface area contributed by atoms with Gasteiger partial charge in [-0.2, -0.15) is 0 Å². The van der Waals surface area contributed by atoms with Crippen LogP contribution in [0.4, 0.5) is 0 Å².